The summed E-state index contributed by atoms with van der Waals surface area (Å²) in [6.45, 7) is 5.75. The average Bonchev–Trinajstić information content (AvgIpc) is 2.99. The SMILES string of the molecule is CCn1cnnc1CNC(=O)N[C@H](C)CNc1ccccc1. The summed E-state index contributed by atoms with van der Waals surface area (Å²) in [4.78, 5) is 11.9. The molecule has 0 saturated heterocycles. The topological polar surface area (TPSA) is 83.9 Å². The van der Waals surface area contributed by atoms with Crippen LogP contribution in [-0.4, -0.2) is 33.4 Å². The average molecular weight is 302 g/mol. The van der Waals surface area contributed by atoms with Crippen molar-refractivity contribution < 1.29 is 4.79 Å². The molecule has 118 valence electrons. The Bertz CT molecular complexity index is 583. The second-order valence-electron chi connectivity index (χ2n) is 5.01. The van der Waals surface area contributed by atoms with Gasteiger partial charge in [0.15, 0.2) is 5.82 Å². The Labute approximate surface area is 130 Å². The number of hydrogen-bond acceptors (Lipinski definition) is 4. The molecule has 1 atom stereocenters. The maximum absolute atomic E-state index is 11.9. The number of nitrogens with one attached hydrogen (secondary N) is 3. The van der Waals surface area contributed by atoms with Crippen molar-refractivity contribution in [3.05, 3.63) is 42.5 Å². The predicted molar refractivity (Wildman–Crippen MR) is 85.5 cm³/mol. The fraction of sp³-hybridized carbons (Fsp3) is 0.400. The molecule has 3 N–H and O–H groups in total. The standard InChI is InChI=1S/C15H22N6O/c1-3-21-11-18-20-14(21)10-17-15(22)19-12(2)9-16-13-7-5-4-6-8-13/h4-8,11-12,16H,3,9-10H2,1-2H3,(H2,17,19,22)/t12-/m1/s1. The molecule has 0 radical (unpaired) electrons. The van der Waals surface area contributed by atoms with Crippen molar-refractivity contribution in [2.24, 2.45) is 0 Å². The first kappa shape index (κ1) is 15.8. The van der Waals surface area contributed by atoms with E-state index in [4.69, 9.17) is 0 Å². The van der Waals surface area contributed by atoms with E-state index in [1.54, 1.807) is 6.33 Å². The van der Waals surface area contributed by atoms with Crippen molar-refractivity contribution in [3.8, 4) is 0 Å². The first-order valence-electron chi connectivity index (χ1n) is 7.39. The lowest BCUT2D eigenvalue weighted by molar-refractivity contribution is 0.237. The summed E-state index contributed by atoms with van der Waals surface area (Å²) < 4.78 is 1.89. The highest BCUT2D eigenvalue weighted by Crippen LogP contribution is 2.04. The number of hydrogen-bond donors (Lipinski definition) is 3. The number of aryl methyl sites for hydroxylation is 1. The lowest BCUT2D eigenvalue weighted by Gasteiger charge is -2.16. The lowest BCUT2D eigenvalue weighted by atomic mass is 10.3. The van der Waals surface area contributed by atoms with E-state index in [1.807, 2.05) is 48.7 Å². The second kappa shape index (κ2) is 8.02. The normalized spacial score (nSPS) is 11.7. The summed E-state index contributed by atoms with van der Waals surface area (Å²) in [5.41, 5.74) is 1.03. The van der Waals surface area contributed by atoms with E-state index >= 15 is 0 Å². The third-order valence-corrected chi connectivity index (χ3v) is 3.21. The van der Waals surface area contributed by atoms with Gasteiger partial charge < -0.3 is 20.5 Å². The van der Waals surface area contributed by atoms with Crippen LogP contribution in [0.25, 0.3) is 0 Å². The molecule has 7 nitrogen and oxygen atoms in total. The zero-order chi connectivity index (χ0) is 15.8. The molecular weight excluding hydrogens is 280 g/mol. The summed E-state index contributed by atoms with van der Waals surface area (Å²) in [5.74, 6) is 0.743. The number of rotatable bonds is 7. The summed E-state index contributed by atoms with van der Waals surface area (Å²) in [5, 5.41) is 16.7. The zero-order valence-electron chi connectivity index (χ0n) is 12.9. The van der Waals surface area contributed by atoms with Gasteiger partial charge in [0.1, 0.15) is 6.33 Å². The van der Waals surface area contributed by atoms with Gasteiger partial charge in [-0.05, 0) is 26.0 Å². The van der Waals surface area contributed by atoms with Crippen molar-refractivity contribution in [3.63, 3.8) is 0 Å². The molecule has 1 aromatic carbocycles. The van der Waals surface area contributed by atoms with Crippen molar-refractivity contribution in [1.29, 1.82) is 0 Å². The summed E-state index contributed by atoms with van der Waals surface area (Å²) in [6.07, 6.45) is 1.65. The van der Waals surface area contributed by atoms with Gasteiger partial charge in [0.2, 0.25) is 0 Å². The van der Waals surface area contributed by atoms with Crippen molar-refractivity contribution >= 4 is 11.7 Å². The molecule has 1 heterocycles. The Morgan fingerprint density at radius 3 is 2.82 bits per heavy atom. The van der Waals surface area contributed by atoms with Gasteiger partial charge >= 0.3 is 6.03 Å². The van der Waals surface area contributed by atoms with Crippen LogP contribution in [0.4, 0.5) is 10.5 Å². The molecule has 2 amide bonds. The minimum atomic E-state index is -0.215. The Hall–Kier alpha value is -2.57. The fourth-order valence-corrected chi connectivity index (χ4v) is 1.99. The lowest BCUT2D eigenvalue weighted by Crippen LogP contribution is -2.43. The quantitative estimate of drug-likeness (QED) is 0.725. The predicted octanol–water partition coefficient (Wildman–Crippen LogP) is 1.60. The van der Waals surface area contributed by atoms with Gasteiger partial charge in [0, 0.05) is 24.8 Å². The number of carbonyl (C=O) groups is 1. The molecule has 1 aromatic heterocycles. The highest BCUT2D eigenvalue weighted by molar-refractivity contribution is 5.74. The van der Waals surface area contributed by atoms with Crippen LogP contribution in [0.5, 0.6) is 0 Å². The van der Waals surface area contributed by atoms with Gasteiger partial charge in [-0.2, -0.15) is 0 Å². The van der Waals surface area contributed by atoms with Crippen LogP contribution in [0.15, 0.2) is 36.7 Å². The number of nitrogens with zero attached hydrogens (tertiary/aromatic N) is 3. The van der Waals surface area contributed by atoms with Crippen molar-refractivity contribution in [2.75, 3.05) is 11.9 Å². The summed E-state index contributed by atoms with van der Waals surface area (Å²) in [6, 6.07) is 9.68. The second-order valence-corrected chi connectivity index (χ2v) is 5.01. The van der Waals surface area contributed by atoms with E-state index < -0.39 is 0 Å². The van der Waals surface area contributed by atoms with Gasteiger partial charge in [-0.3, -0.25) is 0 Å². The van der Waals surface area contributed by atoms with Gasteiger partial charge in [0.05, 0.1) is 6.54 Å². The Kier molecular flexibility index (Phi) is 5.76. The van der Waals surface area contributed by atoms with E-state index in [1.165, 1.54) is 0 Å². The maximum atomic E-state index is 11.9. The van der Waals surface area contributed by atoms with Gasteiger partial charge in [-0.15, -0.1) is 10.2 Å². The Balaban J connectivity index is 1.70. The van der Waals surface area contributed by atoms with Crippen LogP contribution in [0.3, 0.4) is 0 Å². The van der Waals surface area contributed by atoms with Gasteiger partial charge in [0.25, 0.3) is 0 Å². The molecule has 0 aliphatic rings. The first-order chi connectivity index (χ1) is 10.7. The largest absolute Gasteiger partial charge is 0.383 e. The third-order valence-electron chi connectivity index (χ3n) is 3.21. The molecule has 0 bridgehead atoms. The summed E-state index contributed by atoms with van der Waals surface area (Å²) >= 11 is 0. The molecular formula is C15H22N6O. The minimum absolute atomic E-state index is 0.00394. The fourth-order valence-electron chi connectivity index (χ4n) is 1.99. The molecule has 2 rings (SSSR count). The van der Waals surface area contributed by atoms with Crippen molar-refractivity contribution in [1.82, 2.24) is 25.4 Å². The Morgan fingerprint density at radius 1 is 1.32 bits per heavy atom. The molecule has 0 fully saturated rings. The Morgan fingerprint density at radius 2 is 2.09 bits per heavy atom. The molecule has 7 heteroatoms. The number of anilines is 1. The number of aromatic nitrogens is 3. The van der Waals surface area contributed by atoms with Crippen LogP contribution < -0.4 is 16.0 Å². The number of urea groups is 1. The van der Waals surface area contributed by atoms with Gasteiger partial charge in [-0.1, -0.05) is 18.2 Å². The zero-order valence-corrected chi connectivity index (χ0v) is 12.9. The van der Waals surface area contributed by atoms with E-state index in [9.17, 15) is 4.79 Å². The number of benzene rings is 1. The highest BCUT2D eigenvalue weighted by atomic mass is 16.2. The smallest absolute Gasteiger partial charge is 0.315 e. The number of carbonyl (C=O) groups excluding carboxylic acids is 1. The van der Waals surface area contributed by atoms with Gasteiger partial charge in [-0.25, -0.2) is 4.79 Å². The third kappa shape index (κ3) is 4.76. The van der Waals surface area contributed by atoms with Crippen molar-refractivity contribution in [2.45, 2.75) is 33.0 Å². The van der Waals surface area contributed by atoms with Crippen LogP contribution in [0.1, 0.15) is 19.7 Å². The molecule has 0 unspecified atom stereocenters. The monoisotopic (exact) mass is 302 g/mol. The van der Waals surface area contributed by atoms with E-state index in [0.717, 1.165) is 18.1 Å². The molecule has 0 aliphatic carbocycles. The number of amides is 2. The van der Waals surface area contributed by atoms with E-state index in [2.05, 4.69) is 26.1 Å². The molecule has 0 aliphatic heterocycles. The van der Waals surface area contributed by atoms with Crippen LogP contribution in [0, 0.1) is 0 Å². The highest BCUT2D eigenvalue weighted by Gasteiger charge is 2.08. The molecule has 0 spiro atoms. The van der Waals surface area contributed by atoms with Crippen LogP contribution in [-0.2, 0) is 13.1 Å². The van der Waals surface area contributed by atoms with E-state index in [-0.39, 0.29) is 12.1 Å². The molecule has 2 aromatic rings. The van der Waals surface area contributed by atoms with Crippen LogP contribution >= 0.6 is 0 Å². The number of para-hydroxylation sites is 1. The summed E-state index contributed by atoms with van der Waals surface area (Å²) in [7, 11) is 0. The van der Waals surface area contributed by atoms with E-state index in [0.29, 0.717) is 13.1 Å². The first-order valence-corrected chi connectivity index (χ1v) is 7.39. The maximum Gasteiger partial charge on any atom is 0.315 e. The molecule has 0 saturated carbocycles. The van der Waals surface area contributed by atoms with Crippen LogP contribution in [0.2, 0.25) is 0 Å². The molecule has 22 heavy (non-hydrogen) atoms. The minimum Gasteiger partial charge on any atom is -0.383 e.